The lowest BCUT2D eigenvalue weighted by Gasteiger charge is -2.22. The number of benzene rings is 2. The minimum Gasteiger partial charge on any atom is -0.349 e. The molecule has 1 N–H and O–H groups in total. The maximum atomic E-state index is 12.7. The molecule has 4 aromatic rings. The van der Waals surface area contributed by atoms with Gasteiger partial charge in [-0.25, -0.2) is 9.97 Å². The Kier molecular flexibility index (Phi) is 3.82. The van der Waals surface area contributed by atoms with Gasteiger partial charge >= 0.3 is 0 Å². The van der Waals surface area contributed by atoms with Gasteiger partial charge in [-0.3, -0.25) is 4.79 Å². The van der Waals surface area contributed by atoms with Crippen molar-refractivity contribution in [1.82, 2.24) is 15.3 Å². The van der Waals surface area contributed by atoms with Crippen LogP contribution in [-0.4, -0.2) is 21.9 Å². The summed E-state index contributed by atoms with van der Waals surface area (Å²) in [5.74, 6) is 0.0203. The SMILES string of the molecule is O=C(NC1CCCCC1)c1ccc2sc3nc4ccccc4nc3c2c1. The number of nitrogens with one attached hydrogen (secondary N) is 1. The molecule has 2 aromatic heterocycles. The molecular formula is C21H19N3OS. The number of nitrogens with zero attached hydrogens (tertiary/aromatic N) is 2. The van der Waals surface area contributed by atoms with Crippen LogP contribution < -0.4 is 5.32 Å². The van der Waals surface area contributed by atoms with Crippen LogP contribution in [0.4, 0.5) is 0 Å². The molecule has 1 fully saturated rings. The van der Waals surface area contributed by atoms with Gasteiger partial charge in [-0.2, -0.15) is 0 Å². The number of hydrogen-bond donors (Lipinski definition) is 1. The summed E-state index contributed by atoms with van der Waals surface area (Å²) < 4.78 is 1.12. The minimum atomic E-state index is 0.0203. The van der Waals surface area contributed by atoms with Crippen LogP contribution in [0.1, 0.15) is 42.5 Å². The van der Waals surface area contributed by atoms with E-state index in [4.69, 9.17) is 9.97 Å². The zero-order chi connectivity index (χ0) is 17.5. The van der Waals surface area contributed by atoms with Crippen LogP contribution in [0.15, 0.2) is 42.5 Å². The second-order valence-corrected chi connectivity index (χ2v) is 8.02. The first-order chi connectivity index (χ1) is 12.8. The molecule has 2 aromatic carbocycles. The van der Waals surface area contributed by atoms with E-state index in [9.17, 15) is 4.79 Å². The Bertz CT molecular complexity index is 1130. The Morgan fingerprint density at radius 3 is 2.58 bits per heavy atom. The third-order valence-electron chi connectivity index (χ3n) is 5.18. The summed E-state index contributed by atoms with van der Waals surface area (Å²) >= 11 is 1.63. The molecular weight excluding hydrogens is 342 g/mol. The Morgan fingerprint density at radius 2 is 1.77 bits per heavy atom. The second kappa shape index (κ2) is 6.32. The van der Waals surface area contributed by atoms with Gasteiger partial charge in [0, 0.05) is 21.7 Å². The van der Waals surface area contributed by atoms with Gasteiger partial charge in [-0.15, -0.1) is 11.3 Å². The summed E-state index contributed by atoms with van der Waals surface area (Å²) in [6.07, 6.45) is 5.88. The second-order valence-electron chi connectivity index (χ2n) is 6.99. The van der Waals surface area contributed by atoms with Crippen LogP contribution in [0.5, 0.6) is 0 Å². The highest BCUT2D eigenvalue weighted by Gasteiger charge is 2.18. The van der Waals surface area contributed by atoms with Crippen molar-refractivity contribution < 1.29 is 4.79 Å². The molecule has 0 saturated heterocycles. The van der Waals surface area contributed by atoms with E-state index in [0.29, 0.717) is 11.6 Å². The van der Waals surface area contributed by atoms with Gasteiger partial charge in [0.15, 0.2) is 0 Å². The number of para-hydroxylation sites is 2. The highest BCUT2D eigenvalue weighted by molar-refractivity contribution is 7.25. The van der Waals surface area contributed by atoms with Crippen molar-refractivity contribution >= 4 is 48.7 Å². The molecule has 0 atom stereocenters. The van der Waals surface area contributed by atoms with Gasteiger partial charge < -0.3 is 5.32 Å². The normalized spacial score (nSPS) is 15.7. The predicted octanol–water partition coefficient (Wildman–Crippen LogP) is 5.06. The molecule has 130 valence electrons. The standard InChI is InChI=1S/C21H19N3OS/c25-20(22-14-6-2-1-3-7-14)13-10-11-18-15(12-13)19-21(26-18)24-17-9-5-4-8-16(17)23-19/h4-5,8-12,14H,1-3,6-7H2,(H,22,25). The van der Waals surface area contributed by atoms with E-state index in [1.807, 2.05) is 42.5 Å². The van der Waals surface area contributed by atoms with Gasteiger partial charge in [0.2, 0.25) is 0 Å². The van der Waals surface area contributed by atoms with Crippen molar-refractivity contribution in [3.8, 4) is 0 Å². The van der Waals surface area contributed by atoms with E-state index in [-0.39, 0.29) is 5.91 Å². The molecule has 0 spiro atoms. The molecule has 1 amide bonds. The fraction of sp³-hybridized carbons (Fsp3) is 0.286. The van der Waals surface area contributed by atoms with Crippen molar-refractivity contribution in [2.45, 2.75) is 38.1 Å². The summed E-state index contributed by atoms with van der Waals surface area (Å²) in [6.45, 7) is 0. The highest BCUT2D eigenvalue weighted by atomic mass is 32.1. The summed E-state index contributed by atoms with van der Waals surface area (Å²) in [7, 11) is 0. The molecule has 5 heteroatoms. The van der Waals surface area contributed by atoms with Gasteiger partial charge in [0.1, 0.15) is 10.3 Å². The van der Waals surface area contributed by atoms with Crippen LogP contribution in [0.25, 0.3) is 31.5 Å². The molecule has 0 unspecified atom stereocenters. The number of carbonyl (C=O) groups is 1. The first-order valence-electron chi connectivity index (χ1n) is 9.18. The topological polar surface area (TPSA) is 54.9 Å². The summed E-state index contributed by atoms with van der Waals surface area (Å²) in [4.78, 5) is 23.1. The zero-order valence-corrected chi connectivity index (χ0v) is 15.2. The molecule has 5 rings (SSSR count). The van der Waals surface area contributed by atoms with Crippen LogP contribution in [0.2, 0.25) is 0 Å². The molecule has 2 heterocycles. The fourth-order valence-corrected chi connectivity index (χ4v) is 4.80. The summed E-state index contributed by atoms with van der Waals surface area (Å²) in [5, 5.41) is 4.21. The maximum Gasteiger partial charge on any atom is 0.251 e. The summed E-state index contributed by atoms with van der Waals surface area (Å²) in [6, 6.07) is 14.1. The molecule has 0 radical (unpaired) electrons. The number of amides is 1. The monoisotopic (exact) mass is 361 g/mol. The number of carbonyl (C=O) groups excluding carboxylic acids is 1. The lowest BCUT2D eigenvalue weighted by Crippen LogP contribution is -2.36. The third-order valence-corrected chi connectivity index (χ3v) is 6.24. The molecule has 1 saturated carbocycles. The Hall–Kier alpha value is -2.53. The fourth-order valence-electron chi connectivity index (χ4n) is 3.80. The molecule has 1 aliphatic rings. The van der Waals surface area contributed by atoms with Crippen molar-refractivity contribution in [3.05, 3.63) is 48.0 Å². The van der Waals surface area contributed by atoms with E-state index in [2.05, 4.69) is 5.32 Å². The summed E-state index contributed by atoms with van der Waals surface area (Å²) in [5.41, 5.74) is 3.38. The maximum absolute atomic E-state index is 12.7. The number of fused-ring (bicyclic) bond motifs is 4. The largest absolute Gasteiger partial charge is 0.349 e. The lowest BCUT2D eigenvalue weighted by molar-refractivity contribution is 0.0928. The van der Waals surface area contributed by atoms with Gasteiger partial charge in [-0.1, -0.05) is 31.4 Å². The number of hydrogen-bond acceptors (Lipinski definition) is 4. The molecule has 1 aliphatic carbocycles. The molecule has 26 heavy (non-hydrogen) atoms. The van der Waals surface area contributed by atoms with Crippen LogP contribution in [0.3, 0.4) is 0 Å². The number of thiophene rings is 1. The van der Waals surface area contributed by atoms with Crippen LogP contribution in [-0.2, 0) is 0 Å². The molecule has 0 aliphatic heterocycles. The molecule has 4 nitrogen and oxygen atoms in total. The highest BCUT2D eigenvalue weighted by Crippen LogP contribution is 2.33. The first-order valence-corrected chi connectivity index (χ1v) is 9.99. The number of aromatic nitrogens is 2. The average Bonchev–Trinajstić information content (AvgIpc) is 3.03. The van der Waals surface area contributed by atoms with Crippen molar-refractivity contribution in [2.24, 2.45) is 0 Å². The van der Waals surface area contributed by atoms with E-state index < -0.39 is 0 Å². The van der Waals surface area contributed by atoms with E-state index in [0.717, 1.165) is 44.3 Å². The van der Waals surface area contributed by atoms with E-state index >= 15 is 0 Å². The Labute approximate surface area is 155 Å². The molecule has 0 bridgehead atoms. The zero-order valence-electron chi connectivity index (χ0n) is 14.4. The quantitative estimate of drug-likeness (QED) is 0.543. The lowest BCUT2D eigenvalue weighted by atomic mass is 9.95. The average molecular weight is 361 g/mol. The first kappa shape index (κ1) is 15.7. The van der Waals surface area contributed by atoms with Gasteiger partial charge in [-0.05, 0) is 43.2 Å². The van der Waals surface area contributed by atoms with Crippen molar-refractivity contribution in [1.29, 1.82) is 0 Å². The minimum absolute atomic E-state index is 0.0203. The predicted molar refractivity (Wildman–Crippen MR) is 107 cm³/mol. The van der Waals surface area contributed by atoms with Gasteiger partial charge in [0.05, 0.1) is 11.0 Å². The van der Waals surface area contributed by atoms with Crippen molar-refractivity contribution in [3.63, 3.8) is 0 Å². The number of rotatable bonds is 2. The van der Waals surface area contributed by atoms with Crippen molar-refractivity contribution in [2.75, 3.05) is 0 Å². The van der Waals surface area contributed by atoms with E-state index in [1.54, 1.807) is 11.3 Å². The van der Waals surface area contributed by atoms with Crippen LogP contribution in [0, 0.1) is 0 Å². The van der Waals surface area contributed by atoms with E-state index in [1.165, 1.54) is 19.3 Å². The Morgan fingerprint density at radius 1 is 1.00 bits per heavy atom. The smallest absolute Gasteiger partial charge is 0.251 e. The van der Waals surface area contributed by atoms with Crippen LogP contribution >= 0.6 is 11.3 Å². The van der Waals surface area contributed by atoms with Gasteiger partial charge in [0.25, 0.3) is 5.91 Å². The Balaban J connectivity index is 1.56. The third kappa shape index (κ3) is 2.72.